The SMILES string of the molecule is CCOc1c(Br)cc2c(C)c(C(=O)N3CCOCC3)oc2c1OCC. The standard InChI is InChI=1S/C18H22BrNO5/c1-4-23-16-13(19)10-12-11(3)14(25-15(12)17(16)24-5-2)18(21)20-6-8-22-9-7-20/h10H,4-9H2,1-3H3. The summed E-state index contributed by atoms with van der Waals surface area (Å²) in [7, 11) is 0. The van der Waals surface area contributed by atoms with Crippen molar-refractivity contribution in [3.05, 3.63) is 21.9 Å². The number of fused-ring (bicyclic) bond motifs is 1. The lowest BCUT2D eigenvalue weighted by Gasteiger charge is -2.26. The van der Waals surface area contributed by atoms with Crippen molar-refractivity contribution >= 4 is 32.8 Å². The van der Waals surface area contributed by atoms with Crippen LogP contribution in [0, 0.1) is 6.92 Å². The Hall–Kier alpha value is -1.73. The van der Waals surface area contributed by atoms with Crippen LogP contribution in [-0.2, 0) is 4.74 Å². The molecule has 0 N–H and O–H groups in total. The average Bonchev–Trinajstić information content (AvgIpc) is 2.95. The Morgan fingerprint density at radius 1 is 1.20 bits per heavy atom. The van der Waals surface area contributed by atoms with Gasteiger partial charge in [-0.05, 0) is 42.8 Å². The molecule has 6 nitrogen and oxygen atoms in total. The molecule has 0 aliphatic carbocycles. The minimum atomic E-state index is -0.117. The lowest BCUT2D eigenvalue weighted by molar-refractivity contribution is 0.0283. The first kappa shape index (κ1) is 18.1. The van der Waals surface area contributed by atoms with Crippen LogP contribution in [0.25, 0.3) is 11.0 Å². The van der Waals surface area contributed by atoms with E-state index >= 15 is 0 Å². The number of benzene rings is 1. The van der Waals surface area contributed by atoms with Gasteiger partial charge in [-0.15, -0.1) is 0 Å². The summed E-state index contributed by atoms with van der Waals surface area (Å²) in [6, 6.07) is 1.91. The second-order valence-corrected chi connectivity index (χ2v) is 6.57. The van der Waals surface area contributed by atoms with E-state index < -0.39 is 0 Å². The molecule has 136 valence electrons. The molecule has 1 aliphatic rings. The van der Waals surface area contributed by atoms with Crippen molar-refractivity contribution in [1.82, 2.24) is 4.90 Å². The van der Waals surface area contributed by atoms with Crippen LogP contribution in [0.2, 0.25) is 0 Å². The monoisotopic (exact) mass is 411 g/mol. The molecule has 7 heteroatoms. The van der Waals surface area contributed by atoms with Crippen LogP contribution in [-0.4, -0.2) is 50.3 Å². The van der Waals surface area contributed by atoms with Crippen molar-refractivity contribution in [3.8, 4) is 11.5 Å². The zero-order chi connectivity index (χ0) is 18.0. The largest absolute Gasteiger partial charge is 0.489 e. The number of carbonyl (C=O) groups excluding carboxylic acids is 1. The molecule has 0 radical (unpaired) electrons. The first-order valence-electron chi connectivity index (χ1n) is 8.46. The molecule has 1 aliphatic heterocycles. The van der Waals surface area contributed by atoms with Gasteiger partial charge in [0.1, 0.15) is 0 Å². The fraction of sp³-hybridized carbons (Fsp3) is 0.500. The third-order valence-corrected chi connectivity index (χ3v) is 4.75. The molecule has 25 heavy (non-hydrogen) atoms. The molecule has 0 bridgehead atoms. The quantitative estimate of drug-likeness (QED) is 0.748. The van der Waals surface area contributed by atoms with Gasteiger partial charge < -0.3 is 23.5 Å². The zero-order valence-electron chi connectivity index (χ0n) is 14.7. The van der Waals surface area contributed by atoms with Crippen molar-refractivity contribution in [2.45, 2.75) is 20.8 Å². The van der Waals surface area contributed by atoms with Gasteiger partial charge >= 0.3 is 0 Å². The summed E-state index contributed by atoms with van der Waals surface area (Å²) in [4.78, 5) is 14.6. The molecule has 0 unspecified atom stereocenters. The lowest BCUT2D eigenvalue weighted by Crippen LogP contribution is -2.40. The summed E-state index contributed by atoms with van der Waals surface area (Å²) < 4.78 is 23.6. The maximum Gasteiger partial charge on any atom is 0.290 e. The summed E-state index contributed by atoms with van der Waals surface area (Å²) in [5.41, 5.74) is 1.35. The highest BCUT2D eigenvalue weighted by Crippen LogP contribution is 2.44. The maximum absolute atomic E-state index is 12.8. The van der Waals surface area contributed by atoms with Gasteiger partial charge in [0, 0.05) is 24.0 Å². The number of carbonyl (C=O) groups is 1. The molecule has 1 aromatic carbocycles. The van der Waals surface area contributed by atoms with Crippen molar-refractivity contribution in [3.63, 3.8) is 0 Å². The minimum absolute atomic E-state index is 0.117. The number of aryl methyl sites for hydroxylation is 1. The number of morpholine rings is 1. The molecule has 0 spiro atoms. The van der Waals surface area contributed by atoms with E-state index in [-0.39, 0.29) is 5.91 Å². The van der Waals surface area contributed by atoms with Gasteiger partial charge in [-0.3, -0.25) is 4.79 Å². The second kappa shape index (κ2) is 7.66. The van der Waals surface area contributed by atoms with Gasteiger partial charge in [0.25, 0.3) is 5.91 Å². The van der Waals surface area contributed by atoms with Gasteiger partial charge in [-0.2, -0.15) is 0 Å². The molecular weight excluding hydrogens is 390 g/mol. The maximum atomic E-state index is 12.8. The van der Waals surface area contributed by atoms with E-state index in [1.165, 1.54) is 0 Å². The van der Waals surface area contributed by atoms with E-state index in [1.54, 1.807) is 4.90 Å². The smallest absolute Gasteiger partial charge is 0.290 e. The van der Waals surface area contributed by atoms with Crippen molar-refractivity contribution in [1.29, 1.82) is 0 Å². The molecular formula is C18H22BrNO5. The van der Waals surface area contributed by atoms with Gasteiger partial charge in [0.2, 0.25) is 5.75 Å². The van der Waals surface area contributed by atoms with Crippen LogP contribution in [0.4, 0.5) is 0 Å². The Bertz CT molecular complexity index is 780. The molecule has 2 aromatic rings. The summed E-state index contributed by atoms with van der Waals surface area (Å²) in [5.74, 6) is 1.35. The normalized spacial score (nSPS) is 14.8. The summed E-state index contributed by atoms with van der Waals surface area (Å²) in [5, 5.41) is 0.843. The number of halogens is 1. The lowest BCUT2D eigenvalue weighted by atomic mass is 10.1. The van der Waals surface area contributed by atoms with Crippen molar-refractivity contribution in [2.24, 2.45) is 0 Å². The van der Waals surface area contributed by atoms with Crippen LogP contribution < -0.4 is 9.47 Å². The Morgan fingerprint density at radius 2 is 1.84 bits per heavy atom. The van der Waals surface area contributed by atoms with Crippen LogP contribution in [0.1, 0.15) is 30.0 Å². The highest BCUT2D eigenvalue weighted by atomic mass is 79.9. The molecule has 0 atom stereocenters. The average molecular weight is 412 g/mol. The first-order valence-corrected chi connectivity index (χ1v) is 9.25. The van der Waals surface area contributed by atoms with Crippen molar-refractivity contribution in [2.75, 3.05) is 39.5 Å². The Morgan fingerprint density at radius 3 is 2.48 bits per heavy atom. The highest BCUT2D eigenvalue weighted by Gasteiger charge is 2.28. The van der Waals surface area contributed by atoms with E-state index in [0.29, 0.717) is 62.4 Å². The number of furan rings is 1. The fourth-order valence-corrected chi connectivity index (χ4v) is 3.46. The number of hydrogen-bond donors (Lipinski definition) is 0. The Kier molecular flexibility index (Phi) is 5.54. The van der Waals surface area contributed by atoms with Gasteiger partial charge in [-0.1, -0.05) is 0 Å². The van der Waals surface area contributed by atoms with E-state index in [1.807, 2.05) is 26.8 Å². The van der Waals surface area contributed by atoms with Crippen LogP contribution in [0.15, 0.2) is 15.0 Å². The molecule has 1 amide bonds. The van der Waals surface area contributed by atoms with E-state index in [0.717, 1.165) is 15.4 Å². The molecule has 3 rings (SSSR count). The van der Waals surface area contributed by atoms with Gasteiger partial charge in [0.05, 0.1) is 30.9 Å². The molecule has 1 fully saturated rings. The number of ether oxygens (including phenoxy) is 3. The van der Waals surface area contributed by atoms with Crippen molar-refractivity contribution < 1.29 is 23.4 Å². The van der Waals surface area contributed by atoms with Gasteiger partial charge in [0.15, 0.2) is 17.1 Å². The second-order valence-electron chi connectivity index (χ2n) is 5.72. The Labute approximate surface area is 155 Å². The third kappa shape index (κ3) is 3.35. The number of amides is 1. The predicted molar refractivity (Wildman–Crippen MR) is 97.7 cm³/mol. The number of hydrogen-bond acceptors (Lipinski definition) is 5. The van der Waals surface area contributed by atoms with Gasteiger partial charge in [-0.25, -0.2) is 0 Å². The van der Waals surface area contributed by atoms with E-state index in [4.69, 9.17) is 18.6 Å². The number of rotatable bonds is 5. The summed E-state index contributed by atoms with van der Waals surface area (Å²) in [6.07, 6.45) is 0. The van der Waals surface area contributed by atoms with Crippen LogP contribution >= 0.6 is 15.9 Å². The molecule has 1 aromatic heterocycles. The van der Waals surface area contributed by atoms with Crippen LogP contribution in [0.3, 0.4) is 0 Å². The zero-order valence-corrected chi connectivity index (χ0v) is 16.3. The van der Waals surface area contributed by atoms with E-state index in [9.17, 15) is 4.79 Å². The van der Waals surface area contributed by atoms with Crippen LogP contribution in [0.5, 0.6) is 11.5 Å². The Balaban J connectivity index is 2.11. The molecule has 0 saturated carbocycles. The number of nitrogens with zero attached hydrogens (tertiary/aromatic N) is 1. The third-order valence-electron chi connectivity index (χ3n) is 4.16. The molecule has 2 heterocycles. The summed E-state index contributed by atoms with van der Waals surface area (Å²) in [6.45, 7) is 8.92. The first-order chi connectivity index (χ1) is 12.1. The van der Waals surface area contributed by atoms with E-state index in [2.05, 4.69) is 15.9 Å². The highest BCUT2D eigenvalue weighted by molar-refractivity contribution is 9.10. The summed E-state index contributed by atoms with van der Waals surface area (Å²) >= 11 is 3.54. The fourth-order valence-electron chi connectivity index (χ4n) is 2.94. The molecule has 1 saturated heterocycles. The topological polar surface area (TPSA) is 61.1 Å². The predicted octanol–water partition coefficient (Wildman–Crippen LogP) is 3.77. The minimum Gasteiger partial charge on any atom is -0.489 e.